The molecule has 19 heavy (non-hydrogen) atoms. The van der Waals surface area contributed by atoms with Crippen molar-refractivity contribution < 1.29 is 0 Å². The van der Waals surface area contributed by atoms with Crippen LogP contribution in [0.2, 0.25) is 5.02 Å². The lowest BCUT2D eigenvalue weighted by molar-refractivity contribution is 0.368. The van der Waals surface area contributed by atoms with E-state index >= 15 is 0 Å². The normalized spacial score (nSPS) is 13.2. The smallest absolute Gasteiger partial charge is 0.0851 e. The molecular formula is C12H18ClN5S. The molecule has 2 N–H and O–H groups in total. The Labute approximate surface area is 122 Å². The predicted octanol–water partition coefficient (Wildman–Crippen LogP) is 1.91. The van der Waals surface area contributed by atoms with E-state index in [4.69, 9.17) is 17.3 Å². The molecule has 0 aliphatic rings. The summed E-state index contributed by atoms with van der Waals surface area (Å²) in [7, 11) is 4.05. The van der Waals surface area contributed by atoms with Crippen molar-refractivity contribution in [3.05, 3.63) is 33.0 Å². The zero-order valence-corrected chi connectivity index (χ0v) is 12.9. The van der Waals surface area contributed by atoms with Crippen molar-refractivity contribution in [3.8, 4) is 0 Å². The van der Waals surface area contributed by atoms with Crippen LogP contribution in [0.15, 0.2) is 11.7 Å². The van der Waals surface area contributed by atoms with Crippen molar-refractivity contribution in [2.75, 3.05) is 20.6 Å². The standard InChI is InChI=1S/C12H18ClN5S/c1-8-12(19-7-15-8)10(14)11-9(13)6-16-18(11)5-4-17(2)3/h6-7,10H,4-5,14H2,1-3H3. The largest absolute Gasteiger partial charge is 0.318 e. The van der Waals surface area contributed by atoms with Gasteiger partial charge in [-0.25, -0.2) is 4.98 Å². The molecule has 0 radical (unpaired) electrons. The summed E-state index contributed by atoms with van der Waals surface area (Å²) in [6.07, 6.45) is 1.66. The zero-order chi connectivity index (χ0) is 14.0. The molecule has 2 heterocycles. The fourth-order valence-corrected chi connectivity index (χ4v) is 2.95. The van der Waals surface area contributed by atoms with Gasteiger partial charge in [0.05, 0.1) is 45.6 Å². The van der Waals surface area contributed by atoms with Gasteiger partial charge in [0.2, 0.25) is 0 Å². The first kappa shape index (κ1) is 14.5. The molecule has 7 heteroatoms. The molecule has 0 spiro atoms. The molecule has 0 amide bonds. The van der Waals surface area contributed by atoms with Gasteiger partial charge in [0.1, 0.15) is 0 Å². The molecule has 0 saturated carbocycles. The number of hydrogen-bond acceptors (Lipinski definition) is 5. The number of thiazole rings is 1. The first-order valence-electron chi connectivity index (χ1n) is 6.02. The van der Waals surface area contributed by atoms with Crippen LogP contribution in [0.4, 0.5) is 0 Å². The minimum absolute atomic E-state index is 0.273. The first-order valence-corrected chi connectivity index (χ1v) is 7.28. The van der Waals surface area contributed by atoms with Crippen LogP contribution in [0, 0.1) is 6.92 Å². The van der Waals surface area contributed by atoms with Crippen molar-refractivity contribution in [1.29, 1.82) is 0 Å². The van der Waals surface area contributed by atoms with Gasteiger partial charge in [0.25, 0.3) is 0 Å². The van der Waals surface area contributed by atoms with Gasteiger partial charge < -0.3 is 10.6 Å². The monoisotopic (exact) mass is 299 g/mol. The Hall–Kier alpha value is -0.950. The van der Waals surface area contributed by atoms with Crippen LogP contribution in [0.25, 0.3) is 0 Å². The number of nitrogens with two attached hydrogens (primary N) is 1. The molecule has 1 atom stereocenters. The summed E-state index contributed by atoms with van der Waals surface area (Å²) < 4.78 is 1.88. The quantitative estimate of drug-likeness (QED) is 0.916. The van der Waals surface area contributed by atoms with E-state index in [0.29, 0.717) is 5.02 Å². The number of nitrogens with zero attached hydrogens (tertiary/aromatic N) is 4. The maximum atomic E-state index is 6.33. The van der Waals surface area contributed by atoms with Gasteiger partial charge in [0.15, 0.2) is 0 Å². The molecule has 0 aromatic carbocycles. The number of aryl methyl sites for hydroxylation is 1. The Balaban J connectivity index is 2.28. The van der Waals surface area contributed by atoms with Crippen LogP contribution in [0.3, 0.4) is 0 Å². The van der Waals surface area contributed by atoms with Gasteiger partial charge in [-0.15, -0.1) is 11.3 Å². The van der Waals surface area contributed by atoms with E-state index in [9.17, 15) is 0 Å². The molecule has 0 fully saturated rings. The molecule has 0 saturated heterocycles. The van der Waals surface area contributed by atoms with Gasteiger partial charge >= 0.3 is 0 Å². The van der Waals surface area contributed by atoms with E-state index in [1.54, 1.807) is 23.0 Å². The highest BCUT2D eigenvalue weighted by Crippen LogP contribution is 2.30. The number of halogens is 1. The number of rotatable bonds is 5. The third-order valence-corrected chi connectivity index (χ3v) is 4.26. The molecule has 0 aliphatic carbocycles. The maximum absolute atomic E-state index is 6.33. The molecule has 1 unspecified atom stereocenters. The summed E-state index contributed by atoms with van der Waals surface area (Å²) in [5.41, 5.74) is 9.94. The molecular weight excluding hydrogens is 282 g/mol. The summed E-state index contributed by atoms with van der Waals surface area (Å²) in [6, 6.07) is -0.273. The highest BCUT2D eigenvalue weighted by molar-refractivity contribution is 7.09. The molecule has 0 aliphatic heterocycles. The van der Waals surface area contributed by atoms with E-state index in [-0.39, 0.29) is 6.04 Å². The third-order valence-electron chi connectivity index (χ3n) is 2.95. The van der Waals surface area contributed by atoms with Crippen LogP contribution in [0.1, 0.15) is 22.3 Å². The van der Waals surface area contributed by atoms with E-state index in [0.717, 1.165) is 29.4 Å². The fraction of sp³-hybridized carbons (Fsp3) is 0.500. The average Bonchev–Trinajstić information content (AvgIpc) is 2.92. The second-order valence-electron chi connectivity index (χ2n) is 4.68. The summed E-state index contributed by atoms with van der Waals surface area (Å²) in [4.78, 5) is 7.37. The van der Waals surface area contributed by atoms with Crippen LogP contribution in [-0.2, 0) is 6.54 Å². The van der Waals surface area contributed by atoms with Crippen LogP contribution in [-0.4, -0.2) is 40.3 Å². The highest BCUT2D eigenvalue weighted by atomic mass is 35.5. The van der Waals surface area contributed by atoms with Crippen molar-refractivity contribution in [3.63, 3.8) is 0 Å². The second-order valence-corrected chi connectivity index (χ2v) is 5.98. The average molecular weight is 300 g/mol. The van der Waals surface area contributed by atoms with Gasteiger partial charge in [-0.05, 0) is 21.0 Å². The van der Waals surface area contributed by atoms with Crippen LogP contribution >= 0.6 is 22.9 Å². The molecule has 2 aromatic heterocycles. The van der Waals surface area contributed by atoms with Crippen LogP contribution in [0.5, 0.6) is 0 Å². The fourth-order valence-electron chi connectivity index (χ4n) is 1.89. The Kier molecular flexibility index (Phi) is 4.57. The van der Waals surface area contributed by atoms with E-state index < -0.39 is 0 Å². The Bertz CT molecular complexity index is 548. The zero-order valence-electron chi connectivity index (χ0n) is 11.3. The molecule has 0 bridgehead atoms. The lowest BCUT2D eigenvalue weighted by Gasteiger charge is -2.16. The minimum Gasteiger partial charge on any atom is -0.318 e. The predicted molar refractivity (Wildman–Crippen MR) is 78.7 cm³/mol. The van der Waals surface area contributed by atoms with E-state index in [2.05, 4.69) is 15.0 Å². The number of aromatic nitrogens is 3. The molecule has 5 nitrogen and oxygen atoms in total. The van der Waals surface area contributed by atoms with Gasteiger partial charge in [0, 0.05) is 6.54 Å². The highest BCUT2D eigenvalue weighted by Gasteiger charge is 2.21. The minimum atomic E-state index is -0.273. The Morgan fingerprint density at radius 2 is 2.26 bits per heavy atom. The summed E-state index contributed by atoms with van der Waals surface area (Å²) in [5.74, 6) is 0. The Morgan fingerprint density at radius 3 is 2.84 bits per heavy atom. The third kappa shape index (κ3) is 3.14. The van der Waals surface area contributed by atoms with E-state index in [1.807, 2.05) is 25.7 Å². The first-order chi connectivity index (χ1) is 9.00. The summed E-state index contributed by atoms with van der Waals surface area (Å²) in [6.45, 7) is 3.61. The maximum Gasteiger partial charge on any atom is 0.0851 e. The van der Waals surface area contributed by atoms with Gasteiger partial charge in [-0.3, -0.25) is 4.68 Å². The van der Waals surface area contributed by atoms with E-state index in [1.165, 1.54) is 0 Å². The van der Waals surface area contributed by atoms with Crippen molar-refractivity contribution in [1.82, 2.24) is 19.7 Å². The topological polar surface area (TPSA) is 60.0 Å². The second kappa shape index (κ2) is 6.00. The SMILES string of the molecule is Cc1ncsc1C(N)c1c(Cl)cnn1CCN(C)C. The summed E-state index contributed by atoms with van der Waals surface area (Å²) >= 11 is 7.78. The van der Waals surface area contributed by atoms with Gasteiger partial charge in [-0.1, -0.05) is 11.6 Å². The van der Waals surface area contributed by atoms with Gasteiger partial charge in [-0.2, -0.15) is 5.10 Å². The van der Waals surface area contributed by atoms with Crippen molar-refractivity contribution >= 4 is 22.9 Å². The van der Waals surface area contributed by atoms with Crippen LogP contribution < -0.4 is 5.73 Å². The summed E-state index contributed by atoms with van der Waals surface area (Å²) in [5, 5.41) is 4.92. The lowest BCUT2D eigenvalue weighted by Crippen LogP contribution is -2.23. The van der Waals surface area contributed by atoms with Crippen molar-refractivity contribution in [2.24, 2.45) is 5.73 Å². The molecule has 2 rings (SSSR count). The Morgan fingerprint density at radius 1 is 1.53 bits per heavy atom. The van der Waals surface area contributed by atoms with Crippen molar-refractivity contribution in [2.45, 2.75) is 19.5 Å². The number of hydrogen-bond donors (Lipinski definition) is 1. The number of likely N-dealkylation sites (N-methyl/N-ethyl adjacent to an activating group) is 1. The lowest BCUT2D eigenvalue weighted by atomic mass is 10.1. The molecule has 2 aromatic rings. The molecule has 104 valence electrons.